The number of phenols is 1. The van der Waals surface area contributed by atoms with Gasteiger partial charge in [0.15, 0.2) is 5.57 Å². The van der Waals surface area contributed by atoms with Gasteiger partial charge in [-0.25, -0.2) is 4.98 Å². The van der Waals surface area contributed by atoms with Crippen molar-refractivity contribution < 1.29 is 5.11 Å². The number of benzene rings is 2. The zero-order chi connectivity index (χ0) is 23.8. The van der Waals surface area contributed by atoms with E-state index in [0.29, 0.717) is 10.4 Å². The van der Waals surface area contributed by atoms with Gasteiger partial charge in [0, 0.05) is 24.3 Å². The summed E-state index contributed by atoms with van der Waals surface area (Å²) in [6.45, 7) is 8.52. The zero-order valence-electron chi connectivity index (χ0n) is 19.3. The smallest absolute Gasteiger partial charge is 0.165 e. The van der Waals surface area contributed by atoms with Gasteiger partial charge in [0.05, 0.1) is 10.2 Å². The monoisotopic (exact) mass is 456 g/mol. The Labute approximate surface area is 199 Å². The minimum Gasteiger partial charge on any atom is -0.508 e. The number of aryl methyl sites for hydroxylation is 1. The molecule has 168 valence electrons. The SMILES string of the molecule is CCCCCN(CC)c1ccc(C=c2sc(=C(C#N)C#N)nc2-c2ccc(O)cc2)c(C)c1. The highest BCUT2D eigenvalue weighted by atomic mass is 32.1. The first-order valence-electron chi connectivity index (χ1n) is 11.2. The van der Waals surface area contributed by atoms with E-state index in [1.807, 2.05) is 12.1 Å². The third-order valence-electron chi connectivity index (χ3n) is 5.55. The zero-order valence-corrected chi connectivity index (χ0v) is 20.1. The molecule has 2 aromatic carbocycles. The minimum absolute atomic E-state index is 0.00239. The molecule has 0 fully saturated rings. The summed E-state index contributed by atoms with van der Waals surface area (Å²) in [5.74, 6) is 0.173. The lowest BCUT2D eigenvalue weighted by molar-refractivity contribution is 0.475. The molecule has 0 bridgehead atoms. The van der Waals surface area contributed by atoms with Crippen LogP contribution in [0.5, 0.6) is 5.75 Å². The van der Waals surface area contributed by atoms with Crippen LogP contribution >= 0.6 is 11.3 Å². The molecule has 6 heteroatoms. The summed E-state index contributed by atoms with van der Waals surface area (Å²) in [7, 11) is 0. The van der Waals surface area contributed by atoms with E-state index in [0.717, 1.165) is 34.3 Å². The fourth-order valence-corrected chi connectivity index (χ4v) is 4.65. The second-order valence-electron chi connectivity index (χ2n) is 7.85. The van der Waals surface area contributed by atoms with E-state index in [-0.39, 0.29) is 11.3 Å². The van der Waals surface area contributed by atoms with Gasteiger partial charge >= 0.3 is 0 Å². The lowest BCUT2D eigenvalue weighted by atomic mass is 10.1. The Balaban J connectivity index is 2.09. The van der Waals surface area contributed by atoms with Crippen molar-refractivity contribution in [2.75, 3.05) is 18.0 Å². The number of hydrogen-bond acceptors (Lipinski definition) is 6. The molecule has 0 radical (unpaired) electrons. The topological polar surface area (TPSA) is 83.9 Å². The lowest BCUT2D eigenvalue weighted by Gasteiger charge is -2.24. The average molecular weight is 457 g/mol. The van der Waals surface area contributed by atoms with Crippen molar-refractivity contribution in [3.63, 3.8) is 0 Å². The fraction of sp³-hybridized carbons (Fsp3) is 0.296. The van der Waals surface area contributed by atoms with Crippen molar-refractivity contribution in [3.05, 3.63) is 62.8 Å². The second-order valence-corrected chi connectivity index (χ2v) is 8.88. The average Bonchev–Trinajstić information content (AvgIpc) is 3.23. The summed E-state index contributed by atoms with van der Waals surface area (Å²) in [5.41, 5.74) is 4.94. The Bertz CT molecular complexity index is 1290. The molecule has 3 rings (SSSR count). The number of anilines is 1. The van der Waals surface area contributed by atoms with Crippen LogP contribution in [0.3, 0.4) is 0 Å². The van der Waals surface area contributed by atoms with E-state index in [1.165, 1.54) is 36.3 Å². The number of thiazole rings is 1. The number of nitrogens with zero attached hydrogens (tertiary/aromatic N) is 4. The quantitative estimate of drug-likeness (QED) is 0.489. The van der Waals surface area contributed by atoms with Crippen LogP contribution in [0.1, 0.15) is 44.2 Å². The van der Waals surface area contributed by atoms with E-state index in [1.54, 1.807) is 24.3 Å². The molecule has 0 aliphatic carbocycles. The first-order chi connectivity index (χ1) is 16.0. The lowest BCUT2D eigenvalue weighted by Crippen LogP contribution is -2.23. The molecule has 1 N–H and O–H groups in total. The van der Waals surface area contributed by atoms with Crippen molar-refractivity contribution in [3.8, 4) is 29.1 Å². The van der Waals surface area contributed by atoms with E-state index < -0.39 is 0 Å². The van der Waals surface area contributed by atoms with E-state index in [4.69, 9.17) is 0 Å². The van der Waals surface area contributed by atoms with Crippen LogP contribution in [0.4, 0.5) is 5.69 Å². The van der Waals surface area contributed by atoms with Crippen LogP contribution in [0.2, 0.25) is 0 Å². The number of rotatable bonds is 8. The standard InChI is InChI=1S/C27H28N4OS/c1-4-6-7-14-31(5-2)23-11-8-21(19(3)15-23)16-25-26(20-9-12-24(32)13-10-20)30-27(33-25)22(17-28)18-29/h8-13,15-16,32H,4-7,14H2,1-3H3. The highest BCUT2D eigenvalue weighted by Crippen LogP contribution is 2.22. The van der Waals surface area contributed by atoms with Crippen molar-refractivity contribution in [1.29, 1.82) is 10.5 Å². The predicted octanol–water partition coefficient (Wildman–Crippen LogP) is 4.87. The number of aromatic hydroxyl groups is 1. The van der Waals surface area contributed by atoms with Gasteiger partial charge in [0.2, 0.25) is 0 Å². The molecule has 1 heterocycles. The molecule has 0 atom stereocenters. The van der Waals surface area contributed by atoms with Gasteiger partial charge in [-0.1, -0.05) is 25.8 Å². The van der Waals surface area contributed by atoms with Gasteiger partial charge in [0.1, 0.15) is 22.6 Å². The van der Waals surface area contributed by atoms with Crippen LogP contribution in [0, 0.1) is 29.6 Å². The molecule has 0 saturated carbocycles. The third kappa shape index (κ3) is 5.80. The van der Waals surface area contributed by atoms with Crippen molar-refractivity contribution >= 4 is 28.7 Å². The second kappa shape index (κ2) is 11.3. The summed E-state index contributed by atoms with van der Waals surface area (Å²) in [5, 5.41) is 28.3. The third-order valence-corrected chi connectivity index (χ3v) is 6.57. The van der Waals surface area contributed by atoms with Crippen molar-refractivity contribution in [2.24, 2.45) is 0 Å². The van der Waals surface area contributed by atoms with Gasteiger partial charge in [-0.15, -0.1) is 11.3 Å². The van der Waals surface area contributed by atoms with Crippen molar-refractivity contribution in [2.45, 2.75) is 40.0 Å². The first-order valence-corrected chi connectivity index (χ1v) is 12.0. The van der Waals surface area contributed by atoms with Crippen LogP contribution in [0.15, 0.2) is 42.5 Å². The summed E-state index contributed by atoms with van der Waals surface area (Å²) in [6.07, 6.45) is 5.69. The molecule has 5 nitrogen and oxygen atoms in total. The largest absolute Gasteiger partial charge is 0.508 e. The molecule has 0 unspecified atom stereocenters. The van der Waals surface area contributed by atoms with Crippen LogP contribution in [0.25, 0.3) is 22.9 Å². The molecular formula is C27H28N4OS. The van der Waals surface area contributed by atoms with Gasteiger partial charge in [-0.3, -0.25) is 0 Å². The van der Waals surface area contributed by atoms with Gasteiger partial charge in [-0.2, -0.15) is 10.5 Å². The number of nitriles is 2. The van der Waals surface area contributed by atoms with Crippen LogP contribution in [-0.2, 0) is 0 Å². The van der Waals surface area contributed by atoms with Gasteiger partial charge in [0.25, 0.3) is 0 Å². The molecule has 0 spiro atoms. The molecule has 0 aliphatic heterocycles. The van der Waals surface area contributed by atoms with E-state index >= 15 is 0 Å². The molecule has 0 amide bonds. The maximum absolute atomic E-state index is 9.65. The number of phenolic OH excluding ortho intramolecular Hbond substituents is 1. The Morgan fingerprint density at radius 1 is 1.09 bits per heavy atom. The van der Waals surface area contributed by atoms with Gasteiger partial charge in [-0.05, 0) is 73.9 Å². The van der Waals surface area contributed by atoms with Crippen LogP contribution in [-0.4, -0.2) is 23.2 Å². The molecule has 3 aromatic rings. The Kier molecular flexibility index (Phi) is 8.24. The van der Waals surface area contributed by atoms with Crippen LogP contribution < -0.4 is 14.1 Å². The fourth-order valence-electron chi connectivity index (χ4n) is 3.67. The first kappa shape index (κ1) is 24.0. The molecular weight excluding hydrogens is 428 g/mol. The molecule has 0 aliphatic rings. The maximum atomic E-state index is 9.65. The molecule has 33 heavy (non-hydrogen) atoms. The highest BCUT2D eigenvalue weighted by molar-refractivity contribution is 7.08. The van der Waals surface area contributed by atoms with Crippen molar-refractivity contribution in [1.82, 2.24) is 4.98 Å². The maximum Gasteiger partial charge on any atom is 0.165 e. The summed E-state index contributed by atoms with van der Waals surface area (Å²) in [4.78, 5) is 7.00. The Morgan fingerprint density at radius 2 is 1.82 bits per heavy atom. The van der Waals surface area contributed by atoms with E-state index in [9.17, 15) is 15.6 Å². The molecule has 1 aromatic heterocycles. The summed E-state index contributed by atoms with van der Waals surface area (Å²) < 4.78 is 1.27. The van der Waals surface area contributed by atoms with E-state index in [2.05, 4.69) is 54.9 Å². The highest BCUT2D eigenvalue weighted by Gasteiger charge is 2.10. The number of aromatic nitrogens is 1. The Hall–Kier alpha value is -3.61. The summed E-state index contributed by atoms with van der Waals surface area (Å²) >= 11 is 1.33. The normalized spacial score (nSPS) is 11.1. The number of unbranched alkanes of at least 4 members (excludes halogenated alkanes) is 2. The Morgan fingerprint density at radius 3 is 2.42 bits per heavy atom. The number of hydrogen-bond donors (Lipinski definition) is 1. The van der Waals surface area contributed by atoms with Gasteiger partial charge < -0.3 is 10.0 Å². The minimum atomic E-state index is -0.00239. The summed E-state index contributed by atoms with van der Waals surface area (Å²) in [6, 6.07) is 17.1. The molecule has 0 saturated heterocycles. The predicted molar refractivity (Wildman–Crippen MR) is 135 cm³/mol.